The molecule has 3 nitrogen and oxygen atoms in total. The zero-order chi connectivity index (χ0) is 12.3. The van der Waals surface area contributed by atoms with Gasteiger partial charge in [-0.2, -0.15) is 0 Å². The van der Waals surface area contributed by atoms with Gasteiger partial charge in [-0.05, 0) is 37.6 Å². The van der Waals surface area contributed by atoms with Crippen molar-refractivity contribution in [3.8, 4) is 11.3 Å². The van der Waals surface area contributed by atoms with Crippen molar-refractivity contribution in [2.75, 3.05) is 6.54 Å². The van der Waals surface area contributed by atoms with E-state index in [1.165, 1.54) is 0 Å². The third-order valence-corrected chi connectivity index (χ3v) is 2.99. The van der Waals surface area contributed by atoms with Gasteiger partial charge in [-0.15, -0.1) is 0 Å². The van der Waals surface area contributed by atoms with Crippen LogP contribution in [0.4, 0.5) is 0 Å². The molecular weight excluding hydrogens is 278 g/mol. The van der Waals surface area contributed by atoms with E-state index in [9.17, 15) is 0 Å². The van der Waals surface area contributed by atoms with Gasteiger partial charge in [0.25, 0.3) is 0 Å². The summed E-state index contributed by atoms with van der Waals surface area (Å²) in [6.45, 7) is 2.50. The Morgan fingerprint density at radius 3 is 2.88 bits per heavy atom. The number of rotatable bonds is 3. The summed E-state index contributed by atoms with van der Waals surface area (Å²) in [5.74, 6) is 0.778. The molecule has 0 saturated carbocycles. The first-order valence-corrected chi connectivity index (χ1v) is 6.28. The number of hydrogen-bond donors (Lipinski definition) is 1. The van der Waals surface area contributed by atoms with E-state index in [0.29, 0.717) is 6.54 Å². The number of halogens is 1. The summed E-state index contributed by atoms with van der Waals surface area (Å²) in [4.78, 5) is 8.74. The van der Waals surface area contributed by atoms with Crippen LogP contribution in [0.25, 0.3) is 11.3 Å². The van der Waals surface area contributed by atoms with Crippen molar-refractivity contribution in [2.24, 2.45) is 5.73 Å². The Kier molecular flexibility index (Phi) is 3.86. The van der Waals surface area contributed by atoms with Gasteiger partial charge in [-0.25, -0.2) is 9.97 Å². The predicted octanol–water partition coefficient (Wildman–Crippen LogP) is 2.72. The Labute approximate surface area is 109 Å². The molecule has 17 heavy (non-hydrogen) atoms. The zero-order valence-corrected chi connectivity index (χ0v) is 11.2. The molecule has 0 radical (unpaired) electrons. The SMILES string of the molecule is Cc1ncc(CCN)c(-c2cccc(Br)c2)n1. The van der Waals surface area contributed by atoms with Crippen LogP contribution in [0.2, 0.25) is 0 Å². The fourth-order valence-electron chi connectivity index (χ4n) is 1.72. The summed E-state index contributed by atoms with van der Waals surface area (Å²) in [7, 11) is 0. The van der Waals surface area contributed by atoms with Gasteiger partial charge in [0.05, 0.1) is 5.69 Å². The molecule has 2 N–H and O–H groups in total. The summed E-state index contributed by atoms with van der Waals surface area (Å²) in [6.07, 6.45) is 2.66. The first kappa shape index (κ1) is 12.2. The fraction of sp³-hybridized carbons (Fsp3) is 0.231. The van der Waals surface area contributed by atoms with Crippen molar-refractivity contribution in [3.63, 3.8) is 0 Å². The largest absolute Gasteiger partial charge is 0.330 e. The molecule has 1 aromatic heterocycles. The average Bonchev–Trinajstić information content (AvgIpc) is 2.32. The van der Waals surface area contributed by atoms with E-state index < -0.39 is 0 Å². The van der Waals surface area contributed by atoms with Crippen LogP contribution in [-0.2, 0) is 6.42 Å². The highest BCUT2D eigenvalue weighted by Crippen LogP contribution is 2.24. The second-order valence-electron chi connectivity index (χ2n) is 3.84. The molecule has 0 amide bonds. The molecule has 0 aliphatic heterocycles. The number of aromatic nitrogens is 2. The van der Waals surface area contributed by atoms with Crippen molar-refractivity contribution in [3.05, 3.63) is 46.3 Å². The van der Waals surface area contributed by atoms with Crippen molar-refractivity contribution in [2.45, 2.75) is 13.3 Å². The summed E-state index contributed by atoms with van der Waals surface area (Å²) in [5.41, 5.74) is 8.77. The molecule has 1 heterocycles. The van der Waals surface area contributed by atoms with Crippen LogP contribution in [0, 0.1) is 6.92 Å². The molecule has 0 bridgehead atoms. The topological polar surface area (TPSA) is 51.8 Å². The molecule has 0 atom stereocenters. The van der Waals surface area contributed by atoms with Gasteiger partial charge in [0.1, 0.15) is 5.82 Å². The van der Waals surface area contributed by atoms with E-state index in [0.717, 1.165) is 33.5 Å². The van der Waals surface area contributed by atoms with Gasteiger partial charge in [-0.3, -0.25) is 0 Å². The summed E-state index contributed by atoms with van der Waals surface area (Å²) in [5, 5.41) is 0. The van der Waals surface area contributed by atoms with Gasteiger partial charge in [-0.1, -0.05) is 28.1 Å². The van der Waals surface area contributed by atoms with Crippen LogP contribution in [0.15, 0.2) is 34.9 Å². The Morgan fingerprint density at radius 1 is 1.35 bits per heavy atom. The fourth-order valence-corrected chi connectivity index (χ4v) is 2.12. The van der Waals surface area contributed by atoms with Crippen LogP contribution in [0.3, 0.4) is 0 Å². The maximum absolute atomic E-state index is 5.61. The molecule has 1 aromatic carbocycles. The van der Waals surface area contributed by atoms with Gasteiger partial charge in [0, 0.05) is 16.2 Å². The van der Waals surface area contributed by atoms with Crippen LogP contribution >= 0.6 is 15.9 Å². The lowest BCUT2D eigenvalue weighted by Crippen LogP contribution is -2.06. The molecule has 0 fully saturated rings. The smallest absolute Gasteiger partial charge is 0.125 e. The molecule has 0 unspecified atom stereocenters. The quantitative estimate of drug-likeness (QED) is 0.946. The van der Waals surface area contributed by atoms with Crippen LogP contribution in [-0.4, -0.2) is 16.5 Å². The predicted molar refractivity (Wildman–Crippen MR) is 72.7 cm³/mol. The van der Waals surface area contributed by atoms with Gasteiger partial charge in [0.15, 0.2) is 0 Å². The van der Waals surface area contributed by atoms with Crippen molar-refractivity contribution >= 4 is 15.9 Å². The lowest BCUT2D eigenvalue weighted by Gasteiger charge is -2.08. The third kappa shape index (κ3) is 2.90. The average molecular weight is 292 g/mol. The second kappa shape index (κ2) is 5.38. The maximum Gasteiger partial charge on any atom is 0.125 e. The number of nitrogens with zero attached hydrogens (tertiary/aromatic N) is 2. The minimum Gasteiger partial charge on any atom is -0.330 e. The first-order valence-electron chi connectivity index (χ1n) is 5.49. The number of benzene rings is 1. The van der Waals surface area contributed by atoms with Gasteiger partial charge in [0.2, 0.25) is 0 Å². The van der Waals surface area contributed by atoms with Crippen LogP contribution in [0.1, 0.15) is 11.4 Å². The molecule has 0 saturated heterocycles. The van der Waals surface area contributed by atoms with E-state index in [-0.39, 0.29) is 0 Å². The molecule has 2 rings (SSSR count). The van der Waals surface area contributed by atoms with Crippen LogP contribution in [0.5, 0.6) is 0 Å². The monoisotopic (exact) mass is 291 g/mol. The molecule has 88 valence electrons. The van der Waals surface area contributed by atoms with Gasteiger partial charge >= 0.3 is 0 Å². The van der Waals surface area contributed by atoms with Crippen LogP contribution < -0.4 is 5.73 Å². The van der Waals surface area contributed by atoms with E-state index >= 15 is 0 Å². The summed E-state index contributed by atoms with van der Waals surface area (Å²) >= 11 is 3.47. The van der Waals surface area contributed by atoms with Crippen molar-refractivity contribution < 1.29 is 0 Å². The molecule has 0 aliphatic carbocycles. The number of aryl methyl sites for hydroxylation is 1. The summed E-state index contributed by atoms with van der Waals surface area (Å²) < 4.78 is 1.05. The Morgan fingerprint density at radius 2 is 2.18 bits per heavy atom. The zero-order valence-electron chi connectivity index (χ0n) is 9.65. The maximum atomic E-state index is 5.61. The number of hydrogen-bond acceptors (Lipinski definition) is 3. The van der Waals surface area contributed by atoms with E-state index in [2.05, 4.69) is 32.0 Å². The Hall–Kier alpha value is -1.26. The van der Waals surface area contributed by atoms with Gasteiger partial charge < -0.3 is 5.73 Å². The standard InChI is InChI=1S/C13H14BrN3/c1-9-16-8-11(5-6-15)13(17-9)10-3-2-4-12(14)7-10/h2-4,7-8H,5-6,15H2,1H3. The molecule has 2 aromatic rings. The van der Waals surface area contributed by atoms with E-state index in [1.807, 2.05) is 31.3 Å². The molecule has 0 aliphatic rings. The highest BCUT2D eigenvalue weighted by atomic mass is 79.9. The third-order valence-electron chi connectivity index (χ3n) is 2.50. The lowest BCUT2D eigenvalue weighted by molar-refractivity contribution is 0.929. The molecular formula is C13H14BrN3. The minimum atomic E-state index is 0.605. The number of nitrogens with two attached hydrogens (primary N) is 1. The Bertz CT molecular complexity index is 526. The normalized spacial score (nSPS) is 10.5. The van der Waals surface area contributed by atoms with Crippen molar-refractivity contribution in [1.82, 2.24) is 9.97 Å². The Balaban J connectivity index is 2.52. The molecule has 0 spiro atoms. The van der Waals surface area contributed by atoms with E-state index in [1.54, 1.807) is 0 Å². The highest BCUT2D eigenvalue weighted by molar-refractivity contribution is 9.10. The molecule has 4 heteroatoms. The lowest BCUT2D eigenvalue weighted by atomic mass is 10.1. The second-order valence-corrected chi connectivity index (χ2v) is 4.76. The minimum absolute atomic E-state index is 0.605. The highest BCUT2D eigenvalue weighted by Gasteiger charge is 2.07. The first-order chi connectivity index (χ1) is 8.20. The van der Waals surface area contributed by atoms with Crippen molar-refractivity contribution in [1.29, 1.82) is 0 Å². The summed E-state index contributed by atoms with van der Waals surface area (Å²) in [6, 6.07) is 8.11. The van der Waals surface area contributed by atoms with E-state index in [4.69, 9.17) is 5.73 Å².